The summed E-state index contributed by atoms with van der Waals surface area (Å²) in [5.41, 5.74) is 0. The Morgan fingerprint density at radius 2 is 2.18 bits per heavy atom. The number of carboxylic acids is 1. The maximum atomic E-state index is 9.90. The van der Waals surface area contributed by atoms with E-state index in [1.54, 1.807) is 0 Å². The van der Waals surface area contributed by atoms with Gasteiger partial charge in [-0.3, -0.25) is 14.9 Å². The summed E-state index contributed by atoms with van der Waals surface area (Å²) in [7, 11) is 0. The smallest absolute Gasteiger partial charge is 0.313 e. The van der Waals surface area contributed by atoms with Gasteiger partial charge in [-0.15, -0.1) is 0 Å². The highest BCUT2D eigenvalue weighted by molar-refractivity contribution is 5.66. The van der Waals surface area contributed by atoms with Crippen LogP contribution in [0.1, 0.15) is 19.3 Å². The first-order valence-electron chi connectivity index (χ1n) is 3.07. The Morgan fingerprint density at radius 1 is 1.64 bits per heavy atom. The molecule has 0 spiro atoms. The Kier molecular flexibility index (Phi) is 4.12. The molecule has 64 valence electrons. The van der Waals surface area contributed by atoms with Gasteiger partial charge in [0.2, 0.25) is 0 Å². The first-order valence-corrected chi connectivity index (χ1v) is 3.07. The van der Waals surface area contributed by atoms with Crippen molar-refractivity contribution in [2.75, 3.05) is 0 Å². The summed E-state index contributed by atoms with van der Waals surface area (Å²) in [6.45, 7) is 0. The van der Waals surface area contributed by atoms with Crippen molar-refractivity contribution in [1.29, 1.82) is 0 Å². The average molecular weight is 163 g/mol. The lowest BCUT2D eigenvalue weighted by Crippen LogP contribution is -2.18. The zero-order valence-electron chi connectivity index (χ0n) is 5.77. The molecule has 0 amide bonds. The molecule has 0 radical (unpaired) electrons. The lowest BCUT2D eigenvalue weighted by molar-refractivity contribution is -0.571. The monoisotopic (exact) mass is 163 g/mol. The molecule has 0 heterocycles. The molecule has 0 aliphatic heterocycles. The third-order valence-electron chi connectivity index (χ3n) is 1.10. The number of aliphatic hydroxyl groups is 1. The maximum absolute atomic E-state index is 9.90. The van der Waals surface area contributed by atoms with Crippen molar-refractivity contribution in [1.82, 2.24) is 0 Å². The quantitative estimate of drug-likeness (QED) is 0.333. The lowest BCUT2D eigenvalue weighted by Gasteiger charge is -1.99. The van der Waals surface area contributed by atoms with Crippen LogP contribution in [0, 0.1) is 10.1 Å². The van der Waals surface area contributed by atoms with E-state index < -0.39 is 17.1 Å². The van der Waals surface area contributed by atoms with E-state index in [9.17, 15) is 14.9 Å². The molecular weight excluding hydrogens is 154 g/mol. The normalized spacial score (nSPS) is 12.5. The van der Waals surface area contributed by atoms with Crippen LogP contribution in [0.4, 0.5) is 0 Å². The molecule has 2 N–H and O–H groups in total. The number of nitrogens with zero attached hydrogens (tertiary/aromatic N) is 1. The number of carboxylic acid groups (broad SMARTS) is 1. The third kappa shape index (κ3) is 5.28. The molecule has 0 aromatic rings. The molecule has 0 saturated heterocycles. The molecule has 0 aromatic heterocycles. The van der Waals surface area contributed by atoms with Gasteiger partial charge in [-0.05, 0) is 6.42 Å². The minimum absolute atomic E-state index is 0.112. The molecule has 0 rings (SSSR count). The van der Waals surface area contributed by atoms with E-state index in [0.29, 0.717) is 0 Å². The second-order valence-corrected chi connectivity index (χ2v) is 2.05. The molecule has 0 aliphatic rings. The van der Waals surface area contributed by atoms with E-state index in [-0.39, 0.29) is 19.3 Å². The zero-order valence-corrected chi connectivity index (χ0v) is 5.77. The van der Waals surface area contributed by atoms with Crippen LogP contribution >= 0.6 is 0 Å². The number of nitro groups is 1. The molecule has 6 heteroatoms. The summed E-state index contributed by atoms with van der Waals surface area (Å²) >= 11 is 0. The van der Waals surface area contributed by atoms with Crippen molar-refractivity contribution in [3.05, 3.63) is 10.1 Å². The molecule has 11 heavy (non-hydrogen) atoms. The van der Waals surface area contributed by atoms with E-state index in [0.717, 1.165) is 0 Å². The van der Waals surface area contributed by atoms with E-state index in [1.807, 2.05) is 0 Å². The fourth-order valence-electron chi connectivity index (χ4n) is 0.541. The van der Waals surface area contributed by atoms with Crippen molar-refractivity contribution >= 4 is 5.97 Å². The minimum atomic E-state index is -1.63. The fraction of sp³-hybridized carbons (Fsp3) is 0.800. The first kappa shape index (κ1) is 9.83. The largest absolute Gasteiger partial charge is 0.481 e. The van der Waals surface area contributed by atoms with Crippen molar-refractivity contribution in [3.63, 3.8) is 0 Å². The van der Waals surface area contributed by atoms with Crippen molar-refractivity contribution in [2.24, 2.45) is 0 Å². The molecule has 1 atom stereocenters. The molecule has 1 unspecified atom stereocenters. The Labute approximate surface area is 62.6 Å². The van der Waals surface area contributed by atoms with Gasteiger partial charge in [0.25, 0.3) is 0 Å². The van der Waals surface area contributed by atoms with Crippen LogP contribution in [-0.4, -0.2) is 27.3 Å². The van der Waals surface area contributed by atoms with E-state index in [4.69, 9.17) is 10.2 Å². The Balaban J connectivity index is 3.39. The summed E-state index contributed by atoms with van der Waals surface area (Å²) in [6.07, 6.45) is -1.77. The summed E-state index contributed by atoms with van der Waals surface area (Å²) in [6, 6.07) is 0. The predicted octanol–water partition coefficient (Wildman–Crippen LogP) is -0.164. The molecule has 0 aromatic carbocycles. The second-order valence-electron chi connectivity index (χ2n) is 2.05. The number of hydrogen-bond acceptors (Lipinski definition) is 4. The minimum Gasteiger partial charge on any atom is -0.481 e. The third-order valence-corrected chi connectivity index (χ3v) is 1.10. The molecule has 0 bridgehead atoms. The van der Waals surface area contributed by atoms with Gasteiger partial charge in [-0.1, -0.05) is 0 Å². The summed E-state index contributed by atoms with van der Waals surface area (Å²) in [5.74, 6) is -1.01. The van der Waals surface area contributed by atoms with Crippen molar-refractivity contribution < 1.29 is 19.9 Å². The molecule has 0 fully saturated rings. The highest BCUT2D eigenvalue weighted by atomic mass is 16.7. The second kappa shape index (κ2) is 4.62. The van der Waals surface area contributed by atoms with Gasteiger partial charge in [-0.2, -0.15) is 0 Å². The lowest BCUT2D eigenvalue weighted by atomic mass is 10.2. The van der Waals surface area contributed by atoms with Gasteiger partial charge in [0, 0.05) is 12.8 Å². The number of aliphatic hydroxyl groups excluding tert-OH is 1. The van der Waals surface area contributed by atoms with Crippen LogP contribution < -0.4 is 0 Å². The number of aliphatic carboxylic acids is 1. The number of carbonyl (C=O) groups is 1. The van der Waals surface area contributed by atoms with Gasteiger partial charge >= 0.3 is 12.2 Å². The van der Waals surface area contributed by atoms with Gasteiger partial charge in [-0.25, -0.2) is 0 Å². The SMILES string of the molecule is O=C(O)CCCC(O)[N+](=O)[O-]. The van der Waals surface area contributed by atoms with E-state index in [1.165, 1.54) is 0 Å². The molecule has 6 nitrogen and oxygen atoms in total. The van der Waals surface area contributed by atoms with Crippen LogP contribution in [0.5, 0.6) is 0 Å². The highest BCUT2D eigenvalue weighted by Gasteiger charge is 2.14. The van der Waals surface area contributed by atoms with Crippen LogP contribution in [-0.2, 0) is 4.79 Å². The Bertz CT molecular complexity index is 157. The Hall–Kier alpha value is -1.17. The highest BCUT2D eigenvalue weighted by Crippen LogP contribution is 2.00. The Morgan fingerprint density at radius 3 is 2.55 bits per heavy atom. The van der Waals surface area contributed by atoms with Gasteiger partial charge in [0.1, 0.15) is 0 Å². The maximum Gasteiger partial charge on any atom is 0.313 e. The summed E-state index contributed by atoms with van der Waals surface area (Å²) < 4.78 is 0. The van der Waals surface area contributed by atoms with Crippen LogP contribution in [0.3, 0.4) is 0 Å². The topological polar surface area (TPSA) is 101 Å². The number of rotatable bonds is 5. The molecular formula is C5H9NO5. The average Bonchev–Trinajstić information content (AvgIpc) is 1.86. The van der Waals surface area contributed by atoms with E-state index in [2.05, 4.69) is 0 Å². The number of hydrogen-bond donors (Lipinski definition) is 2. The summed E-state index contributed by atoms with van der Waals surface area (Å²) in [4.78, 5) is 18.8. The molecule has 0 saturated carbocycles. The zero-order chi connectivity index (χ0) is 8.85. The van der Waals surface area contributed by atoms with Crippen molar-refractivity contribution in [3.8, 4) is 0 Å². The molecule has 0 aliphatic carbocycles. The van der Waals surface area contributed by atoms with E-state index >= 15 is 0 Å². The van der Waals surface area contributed by atoms with Crippen molar-refractivity contribution in [2.45, 2.75) is 25.5 Å². The fourth-order valence-corrected chi connectivity index (χ4v) is 0.541. The first-order chi connectivity index (χ1) is 5.04. The summed E-state index contributed by atoms with van der Waals surface area (Å²) in [5, 5.41) is 26.4. The van der Waals surface area contributed by atoms with Gasteiger partial charge in [0.05, 0.1) is 4.92 Å². The predicted molar refractivity (Wildman–Crippen MR) is 34.5 cm³/mol. The van der Waals surface area contributed by atoms with Crippen LogP contribution in [0.25, 0.3) is 0 Å². The van der Waals surface area contributed by atoms with Crippen LogP contribution in [0.2, 0.25) is 0 Å². The standard InChI is InChI=1S/C5H9NO5/c7-4(6(10)11)2-1-3-5(8)9/h4,7H,1-3H2,(H,8,9). The van der Waals surface area contributed by atoms with Crippen LogP contribution in [0.15, 0.2) is 0 Å². The van der Waals surface area contributed by atoms with Gasteiger partial charge < -0.3 is 10.2 Å². The van der Waals surface area contributed by atoms with Gasteiger partial charge in [0.15, 0.2) is 0 Å².